The van der Waals surface area contributed by atoms with Gasteiger partial charge in [0.25, 0.3) is 0 Å². The lowest BCUT2D eigenvalue weighted by Gasteiger charge is -2.04. The number of Topliss-reactive ketones (excluding diaryl/α,β-unsaturated/α-hetero) is 1. The van der Waals surface area contributed by atoms with Crippen LogP contribution in [0.5, 0.6) is 5.75 Å². The first kappa shape index (κ1) is 15.0. The lowest BCUT2D eigenvalue weighted by atomic mass is 10.1. The molecule has 0 saturated carbocycles. The lowest BCUT2D eigenvalue weighted by Crippen LogP contribution is -2.08. The Hall–Kier alpha value is -2.95. The molecule has 0 spiro atoms. The fourth-order valence-corrected chi connectivity index (χ4v) is 2.45. The molecular formula is C18H13FO4. The minimum absolute atomic E-state index is 0.122. The SMILES string of the molecule is CC(=O)c1c(C)oc2ccc(OC(=O)c3ccc(F)cc3)cc12. The van der Waals surface area contributed by atoms with Crippen LogP contribution in [0, 0.1) is 12.7 Å². The topological polar surface area (TPSA) is 56.5 Å². The summed E-state index contributed by atoms with van der Waals surface area (Å²) in [7, 11) is 0. The molecule has 23 heavy (non-hydrogen) atoms. The average molecular weight is 312 g/mol. The third-order valence-electron chi connectivity index (χ3n) is 3.48. The van der Waals surface area contributed by atoms with Crippen molar-refractivity contribution in [3.8, 4) is 5.75 Å². The smallest absolute Gasteiger partial charge is 0.343 e. The van der Waals surface area contributed by atoms with Crippen molar-refractivity contribution < 1.29 is 23.1 Å². The molecule has 0 bridgehead atoms. The first-order valence-corrected chi connectivity index (χ1v) is 6.97. The first-order chi connectivity index (χ1) is 11.0. The predicted molar refractivity (Wildman–Crippen MR) is 82.3 cm³/mol. The number of rotatable bonds is 3. The van der Waals surface area contributed by atoms with E-state index in [0.29, 0.717) is 22.3 Å². The maximum Gasteiger partial charge on any atom is 0.343 e. The molecule has 116 valence electrons. The standard InChI is InChI=1S/C18H13FO4/c1-10(20)17-11(2)22-16-8-7-14(9-15(16)17)23-18(21)12-3-5-13(19)6-4-12/h3-9H,1-2H3. The van der Waals surface area contributed by atoms with Crippen molar-refractivity contribution in [2.45, 2.75) is 13.8 Å². The normalized spacial score (nSPS) is 10.7. The molecule has 3 rings (SSSR count). The third kappa shape index (κ3) is 2.85. The van der Waals surface area contributed by atoms with Crippen molar-refractivity contribution >= 4 is 22.7 Å². The maximum atomic E-state index is 12.9. The molecule has 1 aromatic heterocycles. The van der Waals surface area contributed by atoms with E-state index >= 15 is 0 Å². The quantitative estimate of drug-likeness (QED) is 0.411. The second kappa shape index (κ2) is 5.68. The first-order valence-electron chi connectivity index (χ1n) is 6.97. The molecular weight excluding hydrogens is 299 g/mol. The van der Waals surface area contributed by atoms with E-state index in [0.717, 1.165) is 0 Å². The Morgan fingerprint density at radius 2 is 1.78 bits per heavy atom. The Kier molecular flexibility index (Phi) is 3.70. The van der Waals surface area contributed by atoms with Crippen LogP contribution in [0.25, 0.3) is 11.0 Å². The Morgan fingerprint density at radius 1 is 1.09 bits per heavy atom. The van der Waals surface area contributed by atoms with Gasteiger partial charge >= 0.3 is 5.97 Å². The van der Waals surface area contributed by atoms with E-state index in [4.69, 9.17) is 9.15 Å². The number of esters is 1. The van der Waals surface area contributed by atoms with Gasteiger partial charge in [-0.2, -0.15) is 0 Å². The van der Waals surface area contributed by atoms with Crippen molar-refractivity contribution in [3.63, 3.8) is 0 Å². The third-order valence-corrected chi connectivity index (χ3v) is 3.48. The average Bonchev–Trinajstić information content (AvgIpc) is 2.83. The van der Waals surface area contributed by atoms with Crippen molar-refractivity contribution in [1.82, 2.24) is 0 Å². The van der Waals surface area contributed by atoms with Gasteiger partial charge in [0.05, 0.1) is 11.1 Å². The van der Waals surface area contributed by atoms with Crippen LogP contribution in [0.2, 0.25) is 0 Å². The van der Waals surface area contributed by atoms with E-state index in [-0.39, 0.29) is 17.1 Å². The number of carbonyl (C=O) groups excluding carboxylic acids is 2. The second-order valence-corrected chi connectivity index (χ2v) is 5.14. The molecule has 2 aromatic carbocycles. The fraction of sp³-hybridized carbons (Fsp3) is 0.111. The number of hydrogen-bond donors (Lipinski definition) is 0. The van der Waals surface area contributed by atoms with Gasteiger partial charge in [0.15, 0.2) is 5.78 Å². The Balaban J connectivity index is 1.94. The summed E-state index contributed by atoms with van der Waals surface area (Å²) in [5.41, 5.74) is 1.26. The van der Waals surface area contributed by atoms with Crippen molar-refractivity contribution in [2.24, 2.45) is 0 Å². The predicted octanol–water partition coefficient (Wildman–Crippen LogP) is 4.30. The summed E-state index contributed by atoms with van der Waals surface area (Å²) in [6, 6.07) is 9.88. The molecule has 5 heteroatoms. The van der Waals surface area contributed by atoms with Gasteiger partial charge in [-0.3, -0.25) is 4.79 Å². The monoisotopic (exact) mass is 312 g/mol. The van der Waals surface area contributed by atoms with E-state index in [1.807, 2.05) is 0 Å². The highest BCUT2D eigenvalue weighted by Crippen LogP contribution is 2.29. The number of ketones is 1. The van der Waals surface area contributed by atoms with Crippen LogP contribution in [0.1, 0.15) is 33.4 Å². The molecule has 0 aliphatic rings. The molecule has 0 atom stereocenters. The molecule has 0 unspecified atom stereocenters. The summed E-state index contributed by atoms with van der Waals surface area (Å²) in [4.78, 5) is 23.8. The summed E-state index contributed by atoms with van der Waals surface area (Å²) in [5.74, 6) is -0.343. The summed E-state index contributed by atoms with van der Waals surface area (Å²) in [5, 5.41) is 0.597. The minimum Gasteiger partial charge on any atom is -0.461 e. The van der Waals surface area contributed by atoms with E-state index in [9.17, 15) is 14.0 Å². The van der Waals surface area contributed by atoms with Crippen molar-refractivity contribution in [1.29, 1.82) is 0 Å². The summed E-state index contributed by atoms with van der Waals surface area (Å²) >= 11 is 0. The second-order valence-electron chi connectivity index (χ2n) is 5.14. The molecule has 0 N–H and O–H groups in total. The summed E-state index contributed by atoms with van der Waals surface area (Å²) in [6.45, 7) is 3.16. The molecule has 3 aromatic rings. The number of benzene rings is 2. The largest absolute Gasteiger partial charge is 0.461 e. The highest BCUT2D eigenvalue weighted by atomic mass is 19.1. The maximum absolute atomic E-state index is 12.9. The molecule has 4 nitrogen and oxygen atoms in total. The van der Waals surface area contributed by atoms with Gasteiger partial charge in [-0.05, 0) is 56.3 Å². The van der Waals surface area contributed by atoms with Crippen LogP contribution in [0.3, 0.4) is 0 Å². The number of carbonyl (C=O) groups is 2. The van der Waals surface area contributed by atoms with Gasteiger partial charge in [-0.1, -0.05) is 0 Å². The van der Waals surface area contributed by atoms with Crippen LogP contribution >= 0.6 is 0 Å². The summed E-state index contributed by atoms with van der Waals surface area (Å²) in [6.07, 6.45) is 0. The molecule has 0 radical (unpaired) electrons. The van der Waals surface area contributed by atoms with Crippen LogP contribution in [-0.2, 0) is 0 Å². The Bertz CT molecular complexity index is 907. The number of furan rings is 1. The molecule has 0 aliphatic heterocycles. The van der Waals surface area contributed by atoms with Crippen LogP contribution < -0.4 is 4.74 Å². The van der Waals surface area contributed by atoms with Gasteiger partial charge in [0.1, 0.15) is 22.9 Å². The molecule has 0 aliphatic carbocycles. The highest BCUT2D eigenvalue weighted by molar-refractivity contribution is 6.07. The van der Waals surface area contributed by atoms with Gasteiger partial charge < -0.3 is 9.15 Å². The molecule has 0 amide bonds. The molecule has 1 heterocycles. The van der Waals surface area contributed by atoms with E-state index < -0.39 is 11.8 Å². The van der Waals surface area contributed by atoms with Crippen molar-refractivity contribution in [3.05, 3.63) is 65.2 Å². The Labute approximate surface area is 131 Å². The molecule has 0 fully saturated rings. The fourth-order valence-electron chi connectivity index (χ4n) is 2.45. The number of fused-ring (bicyclic) bond motifs is 1. The zero-order chi connectivity index (χ0) is 16.6. The Morgan fingerprint density at radius 3 is 2.43 bits per heavy atom. The van der Waals surface area contributed by atoms with Crippen LogP contribution in [0.4, 0.5) is 4.39 Å². The van der Waals surface area contributed by atoms with Crippen molar-refractivity contribution in [2.75, 3.05) is 0 Å². The number of aryl methyl sites for hydroxylation is 1. The number of halogens is 1. The van der Waals surface area contributed by atoms with E-state index in [2.05, 4.69) is 0 Å². The number of ether oxygens (including phenoxy) is 1. The summed E-state index contributed by atoms with van der Waals surface area (Å²) < 4.78 is 23.7. The number of hydrogen-bond acceptors (Lipinski definition) is 4. The van der Waals surface area contributed by atoms with Gasteiger partial charge in [-0.15, -0.1) is 0 Å². The lowest BCUT2D eigenvalue weighted by molar-refractivity contribution is 0.0734. The molecule has 0 saturated heterocycles. The van der Waals surface area contributed by atoms with E-state index in [1.54, 1.807) is 25.1 Å². The zero-order valence-electron chi connectivity index (χ0n) is 12.6. The zero-order valence-corrected chi connectivity index (χ0v) is 12.6. The van der Waals surface area contributed by atoms with Gasteiger partial charge in [0.2, 0.25) is 0 Å². The van der Waals surface area contributed by atoms with E-state index in [1.165, 1.54) is 31.2 Å². The van der Waals surface area contributed by atoms with Gasteiger partial charge in [-0.25, -0.2) is 9.18 Å². The van der Waals surface area contributed by atoms with Gasteiger partial charge in [0, 0.05) is 5.39 Å². The highest BCUT2D eigenvalue weighted by Gasteiger charge is 2.16. The van der Waals surface area contributed by atoms with Crippen LogP contribution in [-0.4, -0.2) is 11.8 Å². The van der Waals surface area contributed by atoms with Crippen LogP contribution in [0.15, 0.2) is 46.9 Å². The minimum atomic E-state index is -0.603.